The lowest BCUT2D eigenvalue weighted by Crippen LogP contribution is -2.45. The third-order valence-electron chi connectivity index (χ3n) is 5.85. The Morgan fingerprint density at radius 2 is 1.86 bits per heavy atom. The molecular formula is C18H24F2N6O2. The van der Waals surface area contributed by atoms with Gasteiger partial charge in [0.05, 0.1) is 11.2 Å². The van der Waals surface area contributed by atoms with Crippen LogP contribution < -0.4 is 27.7 Å². The number of nitrogens with zero attached hydrogens (tertiary/aromatic N) is 4. The van der Waals surface area contributed by atoms with Gasteiger partial charge in [0.25, 0.3) is 0 Å². The first-order chi connectivity index (χ1) is 13.0. The summed E-state index contributed by atoms with van der Waals surface area (Å²) in [5, 5.41) is 0. The Morgan fingerprint density at radius 1 is 1.21 bits per heavy atom. The number of hydrogen-bond acceptors (Lipinski definition) is 6. The number of aromatic nitrogens is 3. The van der Waals surface area contributed by atoms with Crippen LogP contribution in [0.3, 0.4) is 0 Å². The van der Waals surface area contributed by atoms with E-state index >= 15 is 0 Å². The molecule has 8 nitrogen and oxygen atoms in total. The normalized spacial score (nSPS) is 23.0. The lowest BCUT2D eigenvalue weighted by molar-refractivity contribution is 0.208. The second-order valence-electron chi connectivity index (χ2n) is 8.48. The molecule has 1 saturated heterocycles. The van der Waals surface area contributed by atoms with Gasteiger partial charge in [0.15, 0.2) is 5.52 Å². The van der Waals surface area contributed by atoms with Crippen molar-refractivity contribution in [3.8, 4) is 0 Å². The van der Waals surface area contributed by atoms with E-state index in [0.29, 0.717) is 10.2 Å². The van der Waals surface area contributed by atoms with Crippen molar-refractivity contribution in [2.75, 3.05) is 23.8 Å². The fraction of sp³-hybridized carbons (Fsp3) is 0.611. The molecule has 10 heteroatoms. The van der Waals surface area contributed by atoms with Gasteiger partial charge in [-0.1, -0.05) is 0 Å². The van der Waals surface area contributed by atoms with E-state index < -0.39 is 34.8 Å². The maximum absolute atomic E-state index is 15.0. The highest BCUT2D eigenvalue weighted by atomic mass is 19.1. The van der Waals surface area contributed by atoms with Gasteiger partial charge >= 0.3 is 11.2 Å². The summed E-state index contributed by atoms with van der Waals surface area (Å²) in [6.07, 6.45) is 0.301. The predicted octanol–water partition coefficient (Wildman–Crippen LogP) is 0.566. The summed E-state index contributed by atoms with van der Waals surface area (Å²) < 4.78 is 31.4. The van der Waals surface area contributed by atoms with E-state index in [4.69, 9.17) is 11.6 Å². The van der Waals surface area contributed by atoms with Crippen LogP contribution in [0.5, 0.6) is 0 Å². The zero-order valence-electron chi connectivity index (χ0n) is 16.1. The smallest absolute Gasteiger partial charge is 0.350 e. The number of aryl methyl sites for hydroxylation is 1. The molecule has 2 atom stereocenters. The van der Waals surface area contributed by atoms with Crippen molar-refractivity contribution >= 4 is 16.7 Å². The third kappa shape index (κ3) is 2.69. The largest absolute Gasteiger partial charge is 0.364 e. The van der Waals surface area contributed by atoms with E-state index in [2.05, 4.69) is 4.98 Å². The van der Waals surface area contributed by atoms with Crippen LogP contribution in [0.25, 0.3) is 11.0 Å². The predicted molar refractivity (Wildman–Crippen MR) is 102 cm³/mol. The number of pyridine rings is 1. The van der Waals surface area contributed by atoms with Crippen LogP contribution in [-0.4, -0.2) is 39.0 Å². The van der Waals surface area contributed by atoms with Gasteiger partial charge in [0.1, 0.15) is 6.17 Å². The lowest BCUT2D eigenvalue weighted by atomic mass is 9.87. The maximum atomic E-state index is 15.0. The van der Waals surface area contributed by atoms with Crippen molar-refractivity contribution < 1.29 is 8.78 Å². The first kappa shape index (κ1) is 18.9. The molecular weight excluding hydrogens is 370 g/mol. The Hall–Kier alpha value is -2.49. The summed E-state index contributed by atoms with van der Waals surface area (Å²) in [7, 11) is 0. The van der Waals surface area contributed by atoms with Gasteiger partial charge in [-0.05, 0) is 33.6 Å². The summed E-state index contributed by atoms with van der Waals surface area (Å²) in [5.74, 6) is 4.23. The van der Waals surface area contributed by atoms with E-state index in [-0.39, 0.29) is 35.9 Å². The van der Waals surface area contributed by atoms with Crippen molar-refractivity contribution in [1.82, 2.24) is 14.2 Å². The molecule has 2 aliphatic rings. The number of nitrogen functional groups attached to an aromatic ring is 1. The minimum absolute atomic E-state index is 0.0299. The van der Waals surface area contributed by atoms with Crippen LogP contribution in [0, 0.1) is 18.8 Å². The second kappa shape index (κ2) is 6.00. The van der Waals surface area contributed by atoms with Gasteiger partial charge in [-0.15, -0.1) is 0 Å². The second-order valence-corrected chi connectivity index (χ2v) is 8.48. The Labute approximate surface area is 159 Å². The molecule has 4 N–H and O–H groups in total. The molecule has 28 heavy (non-hydrogen) atoms. The van der Waals surface area contributed by atoms with Gasteiger partial charge in [0.2, 0.25) is 5.95 Å². The number of hydrogen-bond donors (Lipinski definition) is 2. The molecule has 152 valence electrons. The van der Waals surface area contributed by atoms with E-state index in [9.17, 15) is 18.4 Å². The quantitative estimate of drug-likeness (QED) is 0.581. The van der Waals surface area contributed by atoms with Gasteiger partial charge < -0.3 is 16.5 Å². The van der Waals surface area contributed by atoms with Gasteiger partial charge in [-0.2, -0.15) is 9.07 Å². The SMILES string of the molecule is Cc1c(N2CC(F)C(C(C)(C)N)C2)c(F)nc2c(=O)n(N)c(=O)n(C3CC3)c12. The molecule has 3 heterocycles. The van der Waals surface area contributed by atoms with E-state index in [1.807, 2.05) is 0 Å². The average molecular weight is 394 g/mol. The Balaban J connectivity index is 1.95. The summed E-state index contributed by atoms with van der Waals surface area (Å²) in [6.45, 7) is 5.29. The fourth-order valence-corrected chi connectivity index (χ4v) is 4.19. The number of nitrogens with two attached hydrogens (primary N) is 2. The van der Waals surface area contributed by atoms with Crippen LogP contribution in [0.2, 0.25) is 0 Å². The van der Waals surface area contributed by atoms with Crippen molar-refractivity contribution in [3.05, 3.63) is 32.3 Å². The number of anilines is 1. The number of rotatable bonds is 3. The highest BCUT2D eigenvalue weighted by Crippen LogP contribution is 2.39. The first-order valence-electron chi connectivity index (χ1n) is 9.32. The van der Waals surface area contributed by atoms with Crippen LogP contribution in [-0.2, 0) is 0 Å². The summed E-state index contributed by atoms with van der Waals surface area (Å²) in [4.78, 5) is 30.4. The number of halogens is 2. The molecule has 1 aliphatic carbocycles. The van der Waals surface area contributed by atoms with Crippen LogP contribution in [0.15, 0.2) is 9.59 Å². The van der Waals surface area contributed by atoms with Crippen molar-refractivity contribution in [2.45, 2.75) is 51.4 Å². The standard InChI is InChI=1S/C18H24F2N6O2/c1-8-13-12(16(27)26(22)17(28)25(13)9-4-5-9)23-15(20)14(8)24-6-10(11(19)7-24)18(2,3)21/h9-11H,4-7,21-22H2,1-3H3. The number of fused-ring (bicyclic) bond motifs is 1. The molecule has 2 unspecified atom stereocenters. The third-order valence-corrected chi connectivity index (χ3v) is 5.85. The van der Waals surface area contributed by atoms with Crippen molar-refractivity contribution in [3.63, 3.8) is 0 Å². The monoisotopic (exact) mass is 394 g/mol. The van der Waals surface area contributed by atoms with E-state index in [1.54, 1.807) is 25.7 Å². The van der Waals surface area contributed by atoms with Crippen LogP contribution in [0.4, 0.5) is 14.5 Å². The molecule has 0 spiro atoms. The maximum Gasteiger partial charge on any atom is 0.350 e. The molecule has 1 aliphatic heterocycles. The summed E-state index contributed by atoms with van der Waals surface area (Å²) in [5.41, 5.74) is 4.36. The molecule has 2 aromatic heterocycles. The van der Waals surface area contributed by atoms with Crippen molar-refractivity contribution in [1.29, 1.82) is 0 Å². The molecule has 0 radical (unpaired) electrons. The number of alkyl halides is 1. The van der Waals surface area contributed by atoms with Crippen LogP contribution in [0.1, 0.15) is 38.3 Å². The Kier molecular flexibility index (Phi) is 4.04. The Morgan fingerprint density at radius 3 is 2.39 bits per heavy atom. The van der Waals surface area contributed by atoms with E-state index in [0.717, 1.165) is 12.8 Å². The lowest BCUT2D eigenvalue weighted by Gasteiger charge is -2.28. The molecule has 4 rings (SSSR count). The van der Waals surface area contributed by atoms with Crippen LogP contribution >= 0.6 is 0 Å². The van der Waals surface area contributed by atoms with E-state index in [1.165, 1.54) is 4.57 Å². The summed E-state index contributed by atoms with van der Waals surface area (Å²) in [6, 6.07) is -0.104. The molecule has 0 amide bonds. The zero-order valence-corrected chi connectivity index (χ0v) is 16.1. The van der Waals surface area contributed by atoms with Crippen molar-refractivity contribution in [2.24, 2.45) is 11.7 Å². The zero-order chi connectivity index (χ0) is 20.5. The minimum Gasteiger partial charge on any atom is -0.364 e. The highest BCUT2D eigenvalue weighted by Gasteiger charge is 2.42. The summed E-state index contributed by atoms with van der Waals surface area (Å²) >= 11 is 0. The topological polar surface area (TPSA) is 112 Å². The van der Waals surface area contributed by atoms with Gasteiger partial charge in [-0.3, -0.25) is 9.36 Å². The minimum atomic E-state index is -1.22. The Bertz CT molecular complexity index is 1080. The first-order valence-corrected chi connectivity index (χ1v) is 9.32. The highest BCUT2D eigenvalue weighted by molar-refractivity contribution is 5.83. The molecule has 2 fully saturated rings. The van der Waals surface area contributed by atoms with Gasteiger partial charge in [0, 0.05) is 36.2 Å². The fourth-order valence-electron chi connectivity index (χ4n) is 4.19. The average Bonchev–Trinajstić information content (AvgIpc) is 3.35. The molecule has 0 aromatic carbocycles. The molecule has 2 aromatic rings. The molecule has 0 bridgehead atoms. The molecule has 1 saturated carbocycles. The van der Waals surface area contributed by atoms with Gasteiger partial charge in [-0.25, -0.2) is 14.2 Å².